The first-order valence-corrected chi connectivity index (χ1v) is 6.85. The Morgan fingerprint density at radius 2 is 1.95 bits per heavy atom. The Hall–Kier alpha value is -2.22. The number of carbonyl (C=O) groups excluding carboxylic acids is 1. The van der Waals surface area contributed by atoms with Crippen LogP contribution in [-0.2, 0) is 14.8 Å². The van der Waals surface area contributed by atoms with Crippen molar-refractivity contribution in [2.75, 3.05) is 6.54 Å². The number of para-hydroxylation sites is 1. The number of amides is 1. The second kappa shape index (κ2) is 4.81. The molecule has 1 heterocycles. The minimum absolute atomic E-state index is 0.0102. The first-order chi connectivity index (χ1) is 8.94. The molecule has 0 unspecified atom stereocenters. The molecule has 0 saturated heterocycles. The van der Waals surface area contributed by atoms with Crippen LogP contribution in [0.3, 0.4) is 0 Å². The van der Waals surface area contributed by atoms with E-state index in [1.807, 2.05) is 0 Å². The van der Waals surface area contributed by atoms with Crippen LogP contribution in [0.25, 0.3) is 0 Å². The summed E-state index contributed by atoms with van der Waals surface area (Å²) < 4.78 is 25.2. The number of hydrogen-bond donors (Lipinski definition) is 0. The topological polar surface area (TPSA) is 97.6 Å². The van der Waals surface area contributed by atoms with E-state index in [0.717, 1.165) is 18.2 Å². The smallest absolute Gasteiger partial charge is 0.269 e. The summed E-state index contributed by atoms with van der Waals surface area (Å²) in [7, 11) is -4.20. The van der Waals surface area contributed by atoms with Crippen molar-refractivity contribution in [3.8, 4) is 0 Å². The summed E-state index contributed by atoms with van der Waals surface area (Å²) in [5.74, 6) is -0.690. The van der Waals surface area contributed by atoms with Crippen molar-refractivity contribution in [1.82, 2.24) is 4.31 Å². The number of nitrogens with zero attached hydrogens (tertiary/aromatic N) is 2. The van der Waals surface area contributed by atoms with Crippen LogP contribution in [0.1, 0.15) is 6.42 Å². The summed E-state index contributed by atoms with van der Waals surface area (Å²) in [6.45, 7) is -0.0102. The summed E-state index contributed by atoms with van der Waals surface area (Å²) in [6.07, 6.45) is 3.11. The van der Waals surface area contributed by atoms with E-state index < -0.39 is 31.4 Å². The van der Waals surface area contributed by atoms with Crippen LogP contribution >= 0.6 is 0 Å². The molecule has 0 spiro atoms. The fourth-order valence-electron chi connectivity index (χ4n) is 1.75. The molecule has 7 nitrogen and oxygen atoms in total. The minimum atomic E-state index is -4.20. The molecule has 1 amide bonds. The van der Waals surface area contributed by atoms with Gasteiger partial charge in [0.2, 0.25) is 0 Å². The molecule has 0 N–H and O–H groups in total. The van der Waals surface area contributed by atoms with Gasteiger partial charge in [-0.2, -0.15) is 0 Å². The van der Waals surface area contributed by atoms with Crippen LogP contribution in [-0.4, -0.2) is 30.1 Å². The van der Waals surface area contributed by atoms with Gasteiger partial charge in [-0.15, -0.1) is 0 Å². The molecule has 0 fully saturated rings. The zero-order valence-electron chi connectivity index (χ0n) is 9.72. The third kappa shape index (κ3) is 2.34. The van der Waals surface area contributed by atoms with Gasteiger partial charge in [0, 0.05) is 18.7 Å². The molecule has 0 aromatic heterocycles. The van der Waals surface area contributed by atoms with Gasteiger partial charge in [0.25, 0.3) is 21.6 Å². The standard InChI is InChI=1S/C11H10N2O5S/c14-11-7-3-4-8-12(11)19(17,18)10-6-2-1-5-9(10)13(15)16/h1-3,5-7H,4,8H2. The van der Waals surface area contributed by atoms with Crippen molar-refractivity contribution in [1.29, 1.82) is 0 Å². The number of nitro benzene ring substituents is 1. The second-order valence-corrected chi connectivity index (χ2v) is 5.66. The van der Waals surface area contributed by atoms with Gasteiger partial charge in [0.05, 0.1) is 4.92 Å². The Bertz CT molecular complexity index is 665. The molecule has 8 heteroatoms. The summed E-state index contributed by atoms with van der Waals surface area (Å²) in [5.41, 5.74) is -0.537. The molecular formula is C11H10N2O5S. The van der Waals surface area contributed by atoms with E-state index in [4.69, 9.17) is 0 Å². The molecule has 19 heavy (non-hydrogen) atoms. The number of benzene rings is 1. The van der Waals surface area contributed by atoms with Gasteiger partial charge in [0.15, 0.2) is 4.90 Å². The SMILES string of the molecule is O=C1C=CCCN1S(=O)(=O)c1ccccc1[N+](=O)[O-]. The molecule has 1 aliphatic rings. The van der Waals surface area contributed by atoms with E-state index in [0.29, 0.717) is 10.7 Å². The first kappa shape index (κ1) is 13.2. The Labute approximate surface area is 109 Å². The predicted molar refractivity (Wildman–Crippen MR) is 65.8 cm³/mol. The van der Waals surface area contributed by atoms with Crippen LogP contribution in [0.15, 0.2) is 41.3 Å². The summed E-state index contributed by atoms with van der Waals surface area (Å²) in [6, 6.07) is 4.97. The average Bonchev–Trinajstić information content (AvgIpc) is 2.39. The zero-order chi connectivity index (χ0) is 14.0. The third-order valence-corrected chi connectivity index (χ3v) is 4.48. The molecule has 1 aromatic rings. The predicted octanol–water partition coefficient (Wildman–Crippen LogP) is 1.07. The maximum absolute atomic E-state index is 12.3. The van der Waals surface area contributed by atoms with Crippen LogP contribution in [0, 0.1) is 10.1 Å². The Morgan fingerprint density at radius 1 is 1.26 bits per heavy atom. The van der Waals surface area contributed by atoms with E-state index in [2.05, 4.69) is 0 Å². The van der Waals surface area contributed by atoms with E-state index in [-0.39, 0.29) is 6.54 Å². The number of rotatable bonds is 3. The highest BCUT2D eigenvalue weighted by atomic mass is 32.2. The quantitative estimate of drug-likeness (QED) is 0.610. The van der Waals surface area contributed by atoms with Crippen LogP contribution in [0.4, 0.5) is 5.69 Å². The Kier molecular flexibility index (Phi) is 3.34. The minimum Gasteiger partial charge on any atom is -0.269 e. The zero-order valence-corrected chi connectivity index (χ0v) is 10.5. The number of carbonyl (C=O) groups is 1. The first-order valence-electron chi connectivity index (χ1n) is 5.41. The molecule has 0 atom stereocenters. The van der Waals surface area contributed by atoms with Gasteiger partial charge in [-0.1, -0.05) is 18.2 Å². The van der Waals surface area contributed by atoms with E-state index in [1.54, 1.807) is 6.08 Å². The van der Waals surface area contributed by atoms with E-state index in [9.17, 15) is 23.3 Å². The summed E-state index contributed by atoms with van der Waals surface area (Å²) in [4.78, 5) is 21.2. The van der Waals surface area contributed by atoms with Gasteiger partial charge in [0.1, 0.15) is 0 Å². The highest BCUT2D eigenvalue weighted by Gasteiger charge is 2.34. The number of nitro groups is 1. The maximum atomic E-state index is 12.3. The van der Waals surface area contributed by atoms with Crippen LogP contribution in [0.2, 0.25) is 0 Å². The highest BCUT2D eigenvalue weighted by Crippen LogP contribution is 2.27. The number of sulfonamides is 1. The van der Waals surface area contributed by atoms with Gasteiger partial charge < -0.3 is 0 Å². The van der Waals surface area contributed by atoms with Gasteiger partial charge in [-0.25, -0.2) is 12.7 Å². The third-order valence-electron chi connectivity index (χ3n) is 2.64. The van der Waals surface area contributed by atoms with Crippen molar-refractivity contribution in [2.45, 2.75) is 11.3 Å². The molecule has 1 aromatic carbocycles. The van der Waals surface area contributed by atoms with Crippen LogP contribution < -0.4 is 0 Å². The molecular weight excluding hydrogens is 272 g/mol. The van der Waals surface area contributed by atoms with Crippen molar-refractivity contribution in [3.05, 3.63) is 46.5 Å². The largest absolute Gasteiger partial charge is 0.289 e. The number of hydrogen-bond acceptors (Lipinski definition) is 5. The van der Waals surface area contributed by atoms with Gasteiger partial charge in [-0.3, -0.25) is 14.9 Å². The lowest BCUT2D eigenvalue weighted by Gasteiger charge is -2.22. The molecule has 100 valence electrons. The fourth-order valence-corrected chi connectivity index (χ4v) is 3.29. The summed E-state index contributed by atoms with van der Waals surface area (Å²) >= 11 is 0. The molecule has 2 rings (SSSR count). The van der Waals surface area contributed by atoms with Crippen molar-refractivity contribution >= 4 is 21.6 Å². The van der Waals surface area contributed by atoms with Gasteiger partial charge in [-0.05, 0) is 12.5 Å². The van der Waals surface area contributed by atoms with Crippen molar-refractivity contribution in [3.63, 3.8) is 0 Å². The highest BCUT2D eigenvalue weighted by molar-refractivity contribution is 7.89. The lowest BCUT2D eigenvalue weighted by Crippen LogP contribution is -2.38. The van der Waals surface area contributed by atoms with Gasteiger partial charge >= 0.3 is 0 Å². The molecule has 0 saturated carbocycles. The van der Waals surface area contributed by atoms with Crippen molar-refractivity contribution < 1.29 is 18.1 Å². The lowest BCUT2D eigenvalue weighted by atomic mass is 10.3. The normalized spacial score (nSPS) is 15.6. The van der Waals surface area contributed by atoms with Crippen molar-refractivity contribution in [2.24, 2.45) is 0 Å². The van der Waals surface area contributed by atoms with E-state index >= 15 is 0 Å². The maximum Gasteiger partial charge on any atom is 0.289 e. The lowest BCUT2D eigenvalue weighted by molar-refractivity contribution is -0.387. The Balaban J connectivity index is 2.54. The van der Waals surface area contributed by atoms with E-state index in [1.165, 1.54) is 12.1 Å². The molecule has 0 bridgehead atoms. The summed E-state index contributed by atoms with van der Waals surface area (Å²) in [5, 5.41) is 10.9. The monoisotopic (exact) mass is 282 g/mol. The second-order valence-electron chi connectivity index (χ2n) is 3.83. The average molecular weight is 282 g/mol. The Morgan fingerprint density at radius 3 is 2.58 bits per heavy atom. The van der Waals surface area contributed by atoms with Crippen LogP contribution in [0.5, 0.6) is 0 Å². The fraction of sp³-hybridized carbons (Fsp3) is 0.182. The molecule has 1 aliphatic heterocycles. The molecule has 0 radical (unpaired) electrons. The molecule has 0 aliphatic carbocycles.